The van der Waals surface area contributed by atoms with Gasteiger partial charge in [-0.3, -0.25) is 0 Å². The summed E-state index contributed by atoms with van der Waals surface area (Å²) in [5, 5.41) is 7.53. The fourth-order valence-corrected chi connectivity index (χ4v) is 1.61. The molecule has 0 saturated heterocycles. The van der Waals surface area contributed by atoms with E-state index in [0.29, 0.717) is 19.8 Å². The van der Waals surface area contributed by atoms with Crippen molar-refractivity contribution in [3.05, 3.63) is 10.6 Å². The normalized spacial score (nSPS) is 9.91. The van der Waals surface area contributed by atoms with E-state index >= 15 is 0 Å². The molecule has 0 fully saturated rings. The van der Waals surface area contributed by atoms with Gasteiger partial charge in [0.15, 0.2) is 0 Å². The van der Waals surface area contributed by atoms with Crippen molar-refractivity contribution >= 4 is 11.8 Å². The van der Waals surface area contributed by atoms with Crippen molar-refractivity contribution in [3.8, 4) is 0 Å². The fourth-order valence-electron chi connectivity index (χ4n) is 1.61. The van der Waals surface area contributed by atoms with Crippen LogP contribution in [0.3, 0.4) is 0 Å². The zero-order valence-electron chi connectivity index (χ0n) is 15.2. The van der Waals surface area contributed by atoms with Crippen LogP contribution in [-0.4, -0.2) is 37.6 Å². The predicted octanol–water partition coefficient (Wildman–Crippen LogP) is -2.56. The van der Waals surface area contributed by atoms with Gasteiger partial charge in [-0.25, -0.2) is 0 Å². The van der Waals surface area contributed by atoms with Gasteiger partial charge in [-0.15, -0.1) is 12.6 Å². The number of unbranched alkanes of at least 4 members (excludes halogenated alkanes) is 1. The van der Waals surface area contributed by atoms with Crippen LogP contribution in [0.25, 0.3) is 10.6 Å². The average Bonchev–Trinajstić information content (AvgIpc) is 2.30. The first-order valence-corrected chi connectivity index (χ1v) is 7.43. The van der Waals surface area contributed by atoms with Crippen molar-refractivity contribution in [1.82, 2.24) is 0 Å². The van der Waals surface area contributed by atoms with Gasteiger partial charge in [-0.05, 0) is 12.3 Å². The Hall–Kier alpha value is 2.51. The van der Waals surface area contributed by atoms with Gasteiger partial charge in [-0.2, -0.15) is 0 Å². The van der Waals surface area contributed by atoms with E-state index in [1.165, 1.54) is 12.8 Å². The zero-order chi connectivity index (χ0) is 15.4. The van der Waals surface area contributed by atoms with Crippen LogP contribution in [0.5, 0.6) is 0 Å². The van der Waals surface area contributed by atoms with Crippen molar-refractivity contribution in [2.24, 2.45) is 5.92 Å². The number of hydrogen-bond acceptors (Lipinski definition) is 3. The first kappa shape index (κ1) is 29.3. The van der Waals surface area contributed by atoms with Crippen LogP contribution in [0.2, 0.25) is 0 Å². The van der Waals surface area contributed by atoms with E-state index < -0.39 is 11.8 Å². The van der Waals surface area contributed by atoms with E-state index in [0.717, 1.165) is 12.3 Å². The summed E-state index contributed by atoms with van der Waals surface area (Å²) in [6.45, 7) is 9.47. The average molecular weight is 455 g/mol. The van der Waals surface area contributed by atoms with Gasteiger partial charge in [0.25, 0.3) is 0 Å². The number of rotatable bonds is 11. The Morgan fingerprint density at radius 2 is 1.59 bits per heavy atom. The molecule has 0 aromatic carbocycles. The second kappa shape index (κ2) is 19.8. The summed E-state index contributed by atoms with van der Waals surface area (Å²) in [5.41, 5.74) is 0. The number of carbonyl (C=O) groups excluding carboxylic acids is 2. The second-order valence-electron chi connectivity index (χ2n) is 5.57. The van der Waals surface area contributed by atoms with E-state index in [-0.39, 0.29) is 129 Å². The van der Waals surface area contributed by atoms with Crippen LogP contribution in [0.15, 0.2) is 0 Å². The molecule has 7 heteroatoms. The molecule has 0 heterocycles. The molecular formula is C15H28N2O3Rb2. The van der Waals surface area contributed by atoms with Crippen molar-refractivity contribution in [3.63, 3.8) is 0 Å². The molecule has 0 rings (SSSR count). The molecule has 0 unspecified atom stereocenters. The summed E-state index contributed by atoms with van der Waals surface area (Å²) >= 11 is 0. The third-order valence-corrected chi connectivity index (χ3v) is 2.55. The van der Waals surface area contributed by atoms with Gasteiger partial charge in [0.1, 0.15) is 0 Å². The zero-order valence-corrected chi connectivity index (χ0v) is 25.1. The van der Waals surface area contributed by atoms with Gasteiger partial charge in [0.05, 0.1) is 11.8 Å². The molecule has 2 amide bonds. The van der Waals surface area contributed by atoms with Crippen LogP contribution >= 0.6 is 0 Å². The van der Waals surface area contributed by atoms with Crippen LogP contribution in [0, 0.1) is 5.92 Å². The number of ether oxygens (including phenoxy) is 1. The van der Waals surface area contributed by atoms with Gasteiger partial charge >= 0.3 is 116 Å². The van der Waals surface area contributed by atoms with Gasteiger partial charge in [0, 0.05) is 19.6 Å². The quantitative estimate of drug-likeness (QED) is 0.254. The summed E-state index contributed by atoms with van der Waals surface area (Å²) in [7, 11) is 0. The second-order valence-corrected chi connectivity index (χ2v) is 5.57. The number of nitrogens with zero attached hydrogens (tertiary/aromatic N) is 2. The third kappa shape index (κ3) is 22.5. The Kier molecular flexibility index (Phi) is 26.4. The molecule has 22 heavy (non-hydrogen) atoms. The summed E-state index contributed by atoms with van der Waals surface area (Å²) in [6.07, 6.45) is 3.19. The Labute approximate surface area is 233 Å². The van der Waals surface area contributed by atoms with E-state index in [2.05, 4.69) is 24.5 Å². The SMILES string of the molecule is CC(C)CCCCOCC[N-]C(=O)CC(=O)[N-]C(C)C.[Rb+].[Rb+]. The molecule has 0 spiro atoms. The molecule has 0 aromatic heterocycles. The van der Waals surface area contributed by atoms with Gasteiger partial charge in [0.2, 0.25) is 0 Å². The molecule has 0 N–H and O–H groups in total. The topological polar surface area (TPSA) is 71.6 Å². The van der Waals surface area contributed by atoms with Gasteiger partial charge in [-0.1, -0.05) is 40.5 Å². The number of amides is 2. The Morgan fingerprint density at radius 1 is 0.955 bits per heavy atom. The van der Waals surface area contributed by atoms with E-state index in [9.17, 15) is 9.59 Å². The molecule has 0 radical (unpaired) electrons. The minimum atomic E-state index is -0.414. The smallest absolute Gasteiger partial charge is 0.651 e. The summed E-state index contributed by atoms with van der Waals surface area (Å²) < 4.78 is 5.38. The van der Waals surface area contributed by atoms with Crippen molar-refractivity contribution < 1.29 is 131 Å². The molecule has 118 valence electrons. The molecule has 0 aliphatic heterocycles. The molecule has 0 bridgehead atoms. The molecular weight excluding hydrogens is 427 g/mol. The summed E-state index contributed by atoms with van der Waals surface area (Å²) in [5.74, 6) is -0.0810. The maximum atomic E-state index is 11.3. The molecule has 0 aliphatic rings. The Morgan fingerprint density at radius 3 is 2.14 bits per heavy atom. The van der Waals surface area contributed by atoms with Gasteiger partial charge < -0.3 is 25.0 Å². The van der Waals surface area contributed by atoms with Crippen molar-refractivity contribution in [1.29, 1.82) is 0 Å². The third-order valence-electron chi connectivity index (χ3n) is 2.55. The molecule has 0 aromatic rings. The van der Waals surface area contributed by atoms with Crippen LogP contribution in [0.4, 0.5) is 0 Å². The molecule has 5 nitrogen and oxygen atoms in total. The molecule has 0 atom stereocenters. The van der Waals surface area contributed by atoms with Crippen molar-refractivity contribution in [2.45, 2.75) is 59.4 Å². The first-order valence-electron chi connectivity index (χ1n) is 7.43. The van der Waals surface area contributed by atoms with Crippen LogP contribution in [0.1, 0.15) is 53.4 Å². The summed E-state index contributed by atoms with van der Waals surface area (Å²) in [6, 6.07) is -0.0792. The van der Waals surface area contributed by atoms with E-state index in [4.69, 9.17) is 4.74 Å². The molecule has 0 aliphatic carbocycles. The van der Waals surface area contributed by atoms with Crippen LogP contribution in [-0.2, 0) is 14.3 Å². The predicted molar refractivity (Wildman–Crippen MR) is 80.9 cm³/mol. The minimum Gasteiger partial charge on any atom is -0.651 e. The van der Waals surface area contributed by atoms with E-state index in [1.54, 1.807) is 13.8 Å². The number of carbonyl (C=O) groups is 2. The fraction of sp³-hybridized carbons (Fsp3) is 0.867. The summed E-state index contributed by atoms with van der Waals surface area (Å²) in [4.78, 5) is 22.6. The standard InChI is InChI=1S/C15H30N2O3.2Rb/c1-12(2)7-5-6-9-20-10-8-16-14(18)11-15(19)17-13(3)4;;/h12-13H,5-11H2,1-4H3,(H2,16,17,18,19);;/q;2*+1/p-2. The minimum absolute atomic E-state index is 0. The Balaban J connectivity index is -0.00000180. The first-order chi connectivity index (χ1) is 9.41. The van der Waals surface area contributed by atoms with Crippen molar-refractivity contribution in [2.75, 3.05) is 19.8 Å². The maximum absolute atomic E-state index is 11.3. The largest absolute Gasteiger partial charge is 1.00 e. The maximum Gasteiger partial charge on any atom is 1.00 e. The van der Waals surface area contributed by atoms with E-state index in [1.807, 2.05) is 0 Å². The monoisotopic (exact) mass is 454 g/mol. The number of hydrogen-bond donors (Lipinski definition) is 0. The Bertz CT molecular complexity index is 288. The van der Waals surface area contributed by atoms with Crippen LogP contribution < -0.4 is 116 Å². The molecule has 0 saturated carbocycles.